The number of nitrogens with two attached hydrogens (primary N) is 2. The zero-order chi connectivity index (χ0) is 19.2. The van der Waals surface area contributed by atoms with Gasteiger partial charge in [-0.3, -0.25) is 20.9 Å². The van der Waals surface area contributed by atoms with E-state index in [1.807, 2.05) is 0 Å². The topological polar surface area (TPSA) is 150 Å². The number of amides is 2. The van der Waals surface area contributed by atoms with Crippen LogP contribution >= 0.6 is 0 Å². The van der Waals surface area contributed by atoms with Crippen LogP contribution < -0.4 is 32.4 Å². The van der Waals surface area contributed by atoms with E-state index in [0.29, 0.717) is 24.4 Å². The molecule has 10 nitrogen and oxygen atoms in total. The second-order valence-electron chi connectivity index (χ2n) is 5.18. The van der Waals surface area contributed by atoms with Crippen LogP contribution in [0.1, 0.15) is 10.4 Å². The molecule has 0 bridgehead atoms. The van der Waals surface area contributed by atoms with Gasteiger partial charge < -0.3 is 30.6 Å². The highest BCUT2D eigenvalue weighted by molar-refractivity contribution is 5.94. The van der Waals surface area contributed by atoms with Crippen LogP contribution in [0.5, 0.6) is 5.75 Å². The van der Waals surface area contributed by atoms with Crippen molar-refractivity contribution in [1.29, 1.82) is 0 Å². The quantitative estimate of drug-likeness (QED) is 0.120. The Morgan fingerprint density at radius 2 is 2.04 bits per heavy atom. The van der Waals surface area contributed by atoms with Crippen LogP contribution in [0.25, 0.3) is 0 Å². The minimum atomic E-state index is -0.660. The van der Waals surface area contributed by atoms with E-state index in [4.69, 9.17) is 25.8 Å². The third-order valence-electron chi connectivity index (χ3n) is 3.14. The van der Waals surface area contributed by atoms with Crippen LogP contribution in [-0.2, 0) is 14.3 Å². The average molecular weight is 369 g/mol. The van der Waals surface area contributed by atoms with Gasteiger partial charge in [0.2, 0.25) is 5.91 Å². The van der Waals surface area contributed by atoms with E-state index in [9.17, 15) is 9.59 Å². The highest BCUT2D eigenvalue weighted by Gasteiger charge is 2.08. The third-order valence-corrected chi connectivity index (χ3v) is 3.14. The molecule has 10 heteroatoms. The maximum absolute atomic E-state index is 12.0. The Hall–Kier alpha value is -2.24. The molecule has 0 fully saturated rings. The molecule has 26 heavy (non-hydrogen) atoms. The molecule has 0 aromatic heterocycles. The number of nitrogens with one attached hydrogen (secondary N) is 3. The van der Waals surface area contributed by atoms with Crippen molar-refractivity contribution in [2.24, 2.45) is 11.6 Å². The first-order valence-electron chi connectivity index (χ1n) is 8.17. The van der Waals surface area contributed by atoms with Crippen molar-refractivity contribution in [2.45, 2.75) is 6.23 Å². The number of hydrazine groups is 1. The Labute approximate surface area is 152 Å². The van der Waals surface area contributed by atoms with E-state index in [0.717, 1.165) is 0 Å². The van der Waals surface area contributed by atoms with Crippen molar-refractivity contribution in [3.05, 3.63) is 29.8 Å². The SMILES string of the molecule is CNC(=O)COCCOC(N)COc1cccc(C(=O)NCCNN)c1. The summed E-state index contributed by atoms with van der Waals surface area (Å²) in [5, 5.41) is 5.16. The molecule has 0 heterocycles. The number of ether oxygens (including phenoxy) is 3. The summed E-state index contributed by atoms with van der Waals surface area (Å²) in [6.07, 6.45) is -0.660. The van der Waals surface area contributed by atoms with Crippen molar-refractivity contribution >= 4 is 11.8 Å². The number of carbonyl (C=O) groups excluding carboxylic acids is 2. The Morgan fingerprint density at radius 3 is 2.77 bits per heavy atom. The summed E-state index contributed by atoms with van der Waals surface area (Å²) in [5.74, 6) is 5.22. The summed E-state index contributed by atoms with van der Waals surface area (Å²) >= 11 is 0. The molecule has 1 unspecified atom stereocenters. The van der Waals surface area contributed by atoms with Gasteiger partial charge in [0.15, 0.2) is 0 Å². The molecule has 1 atom stereocenters. The van der Waals surface area contributed by atoms with E-state index >= 15 is 0 Å². The second-order valence-corrected chi connectivity index (χ2v) is 5.18. The summed E-state index contributed by atoms with van der Waals surface area (Å²) in [4.78, 5) is 22.9. The minimum Gasteiger partial charge on any atom is -0.489 e. The first-order valence-corrected chi connectivity index (χ1v) is 8.17. The smallest absolute Gasteiger partial charge is 0.251 e. The summed E-state index contributed by atoms with van der Waals surface area (Å²) in [6, 6.07) is 6.73. The van der Waals surface area contributed by atoms with Crippen molar-refractivity contribution in [3.63, 3.8) is 0 Å². The molecule has 2 amide bonds. The number of hydrogen-bond donors (Lipinski definition) is 5. The largest absolute Gasteiger partial charge is 0.489 e. The van der Waals surface area contributed by atoms with E-state index in [1.54, 1.807) is 24.3 Å². The van der Waals surface area contributed by atoms with Crippen molar-refractivity contribution < 1.29 is 23.8 Å². The molecule has 7 N–H and O–H groups in total. The summed E-state index contributed by atoms with van der Waals surface area (Å²) in [7, 11) is 1.53. The molecular formula is C16H27N5O5. The molecule has 1 aromatic carbocycles. The number of hydrogen-bond acceptors (Lipinski definition) is 8. The van der Waals surface area contributed by atoms with Crippen LogP contribution in [-0.4, -0.2) is 64.6 Å². The van der Waals surface area contributed by atoms with Gasteiger partial charge in [-0.05, 0) is 18.2 Å². The molecular weight excluding hydrogens is 342 g/mol. The van der Waals surface area contributed by atoms with E-state index in [-0.39, 0.29) is 38.2 Å². The van der Waals surface area contributed by atoms with E-state index in [2.05, 4.69) is 16.1 Å². The molecule has 146 valence electrons. The highest BCUT2D eigenvalue weighted by atomic mass is 16.6. The van der Waals surface area contributed by atoms with Crippen LogP contribution in [0.3, 0.4) is 0 Å². The average Bonchev–Trinajstić information content (AvgIpc) is 2.66. The fourth-order valence-electron chi connectivity index (χ4n) is 1.80. The van der Waals surface area contributed by atoms with Crippen molar-refractivity contribution in [1.82, 2.24) is 16.1 Å². The fourth-order valence-corrected chi connectivity index (χ4v) is 1.80. The Morgan fingerprint density at radius 1 is 1.23 bits per heavy atom. The van der Waals surface area contributed by atoms with Gasteiger partial charge in [-0.15, -0.1) is 0 Å². The Kier molecular flexibility index (Phi) is 10.9. The highest BCUT2D eigenvalue weighted by Crippen LogP contribution is 2.13. The van der Waals surface area contributed by atoms with E-state index in [1.165, 1.54) is 7.05 Å². The van der Waals surface area contributed by atoms with Crippen LogP contribution in [0.2, 0.25) is 0 Å². The molecule has 0 saturated carbocycles. The van der Waals surface area contributed by atoms with Crippen molar-refractivity contribution in [3.8, 4) is 5.75 Å². The summed E-state index contributed by atoms with van der Waals surface area (Å²) in [5.41, 5.74) is 8.71. The molecule has 1 aromatic rings. The van der Waals surface area contributed by atoms with Crippen LogP contribution in [0, 0.1) is 0 Å². The van der Waals surface area contributed by atoms with Gasteiger partial charge in [-0.1, -0.05) is 6.07 Å². The fraction of sp³-hybridized carbons (Fsp3) is 0.500. The lowest BCUT2D eigenvalue weighted by molar-refractivity contribution is -0.126. The van der Waals surface area contributed by atoms with Gasteiger partial charge in [-0.2, -0.15) is 0 Å². The van der Waals surface area contributed by atoms with Gasteiger partial charge in [0.1, 0.15) is 25.2 Å². The number of likely N-dealkylation sites (N-methyl/N-ethyl adjacent to an activating group) is 1. The maximum atomic E-state index is 12.0. The zero-order valence-corrected chi connectivity index (χ0v) is 14.8. The lowest BCUT2D eigenvalue weighted by atomic mass is 10.2. The van der Waals surface area contributed by atoms with Crippen LogP contribution in [0.4, 0.5) is 0 Å². The number of benzene rings is 1. The van der Waals surface area contributed by atoms with Gasteiger partial charge in [0.25, 0.3) is 5.91 Å². The number of rotatable bonds is 13. The van der Waals surface area contributed by atoms with Crippen LogP contribution in [0.15, 0.2) is 24.3 Å². The van der Waals surface area contributed by atoms with E-state index < -0.39 is 6.23 Å². The molecule has 0 aliphatic heterocycles. The maximum Gasteiger partial charge on any atom is 0.251 e. The predicted molar refractivity (Wildman–Crippen MR) is 95.3 cm³/mol. The lowest BCUT2D eigenvalue weighted by Gasteiger charge is -2.15. The standard InChI is InChI=1S/C16H27N5O5/c1-19-15(22)11-24-7-8-25-14(17)10-26-13-4-2-3-12(9-13)16(23)20-5-6-21-18/h2-4,9,14,21H,5-8,10-11,17-18H2,1H3,(H,19,22)(H,20,23). The third kappa shape index (κ3) is 9.30. The van der Waals surface area contributed by atoms with Gasteiger partial charge in [0, 0.05) is 25.7 Å². The predicted octanol–water partition coefficient (Wildman–Crippen LogP) is -1.68. The van der Waals surface area contributed by atoms with Gasteiger partial charge in [0.05, 0.1) is 13.2 Å². The molecule has 0 aliphatic rings. The Balaban J connectivity index is 2.28. The normalized spacial score (nSPS) is 11.7. The van der Waals surface area contributed by atoms with Crippen molar-refractivity contribution in [2.75, 3.05) is 46.6 Å². The summed E-state index contributed by atoms with van der Waals surface area (Å²) < 4.78 is 15.9. The molecule has 1 rings (SSSR count). The molecule has 0 aliphatic carbocycles. The number of carbonyl (C=O) groups is 2. The van der Waals surface area contributed by atoms with Gasteiger partial charge in [-0.25, -0.2) is 0 Å². The van der Waals surface area contributed by atoms with Gasteiger partial charge >= 0.3 is 0 Å². The first-order chi connectivity index (χ1) is 12.6. The Bertz CT molecular complexity index is 558. The minimum absolute atomic E-state index is 0.0260. The summed E-state index contributed by atoms with van der Waals surface area (Å²) in [6.45, 7) is 1.45. The monoisotopic (exact) mass is 369 g/mol. The first kappa shape index (κ1) is 21.8. The molecule has 0 saturated heterocycles. The lowest BCUT2D eigenvalue weighted by Crippen LogP contribution is -2.34. The second kappa shape index (κ2) is 13.0. The molecule has 0 radical (unpaired) electrons. The zero-order valence-electron chi connectivity index (χ0n) is 14.8. The molecule has 0 spiro atoms.